The monoisotopic (exact) mass is 310 g/mol. The lowest BCUT2D eigenvalue weighted by molar-refractivity contribution is 0.426. The summed E-state index contributed by atoms with van der Waals surface area (Å²) in [6.45, 7) is 3.11. The van der Waals surface area contributed by atoms with E-state index >= 15 is 0 Å². The number of rotatable bonds is 6. The number of sulfonamides is 1. The van der Waals surface area contributed by atoms with Crippen LogP contribution in [0.15, 0.2) is 46.7 Å². The first-order valence-electron chi connectivity index (χ1n) is 6.39. The van der Waals surface area contributed by atoms with Gasteiger partial charge in [-0.05, 0) is 29.1 Å². The van der Waals surface area contributed by atoms with Crippen molar-refractivity contribution in [1.82, 2.24) is 4.31 Å². The highest BCUT2D eigenvalue weighted by Crippen LogP contribution is 2.20. The molecule has 0 aliphatic carbocycles. The minimum atomic E-state index is -3.45. The molecule has 0 saturated carbocycles. The van der Waals surface area contributed by atoms with Crippen molar-refractivity contribution in [2.45, 2.75) is 24.9 Å². The smallest absolute Gasteiger partial charge is 0.243 e. The van der Waals surface area contributed by atoms with Gasteiger partial charge in [0.15, 0.2) is 0 Å². The molecule has 1 aromatic carbocycles. The van der Waals surface area contributed by atoms with Gasteiger partial charge < -0.3 is 5.73 Å². The second kappa shape index (κ2) is 6.49. The van der Waals surface area contributed by atoms with Gasteiger partial charge >= 0.3 is 0 Å². The van der Waals surface area contributed by atoms with E-state index in [0.29, 0.717) is 24.5 Å². The van der Waals surface area contributed by atoms with Crippen LogP contribution in [0.3, 0.4) is 0 Å². The first-order chi connectivity index (χ1) is 9.57. The van der Waals surface area contributed by atoms with E-state index in [9.17, 15) is 8.42 Å². The Morgan fingerprint density at radius 2 is 1.90 bits per heavy atom. The molecule has 2 aromatic rings. The van der Waals surface area contributed by atoms with Gasteiger partial charge in [0.1, 0.15) is 0 Å². The van der Waals surface area contributed by atoms with Crippen molar-refractivity contribution < 1.29 is 8.42 Å². The number of hydrogen-bond donors (Lipinski definition) is 1. The van der Waals surface area contributed by atoms with E-state index < -0.39 is 10.0 Å². The third kappa shape index (κ3) is 3.27. The molecule has 0 bridgehead atoms. The van der Waals surface area contributed by atoms with E-state index in [2.05, 4.69) is 0 Å². The molecule has 0 radical (unpaired) electrons. The average molecular weight is 310 g/mol. The largest absolute Gasteiger partial charge is 0.326 e. The fraction of sp³-hybridized carbons (Fsp3) is 0.286. The molecule has 20 heavy (non-hydrogen) atoms. The van der Waals surface area contributed by atoms with Gasteiger partial charge in [-0.25, -0.2) is 8.42 Å². The quantitative estimate of drug-likeness (QED) is 0.891. The average Bonchev–Trinajstić information content (AvgIpc) is 2.97. The summed E-state index contributed by atoms with van der Waals surface area (Å²) < 4.78 is 26.7. The van der Waals surface area contributed by atoms with Crippen molar-refractivity contribution in [3.8, 4) is 0 Å². The third-order valence-electron chi connectivity index (χ3n) is 3.06. The van der Waals surface area contributed by atoms with Gasteiger partial charge in [-0.1, -0.05) is 25.1 Å². The molecule has 0 amide bonds. The van der Waals surface area contributed by atoms with Crippen LogP contribution in [-0.2, 0) is 23.1 Å². The number of thiophene rings is 1. The Morgan fingerprint density at radius 1 is 1.20 bits per heavy atom. The summed E-state index contributed by atoms with van der Waals surface area (Å²) in [6.07, 6.45) is 0. The highest BCUT2D eigenvalue weighted by Gasteiger charge is 2.23. The fourth-order valence-electron chi connectivity index (χ4n) is 1.89. The van der Waals surface area contributed by atoms with E-state index in [-0.39, 0.29) is 0 Å². The molecular weight excluding hydrogens is 292 g/mol. The van der Waals surface area contributed by atoms with Gasteiger partial charge in [-0.2, -0.15) is 4.31 Å². The van der Waals surface area contributed by atoms with E-state index in [1.54, 1.807) is 35.6 Å². The van der Waals surface area contributed by atoms with Crippen LogP contribution in [0.2, 0.25) is 0 Å². The normalized spacial score (nSPS) is 11.9. The number of benzene rings is 1. The third-order valence-corrected chi connectivity index (χ3v) is 5.86. The maximum absolute atomic E-state index is 12.6. The standard InChI is InChI=1S/C14H18N2O2S2/c1-2-16(11-13-4-3-9-19-13)20(17,18)14-7-5-12(10-15)6-8-14/h3-9H,2,10-11,15H2,1H3. The zero-order valence-corrected chi connectivity index (χ0v) is 13.0. The minimum absolute atomic E-state index is 0.313. The van der Waals surface area contributed by atoms with Crippen LogP contribution in [0.1, 0.15) is 17.4 Å². The predicted octanol–water partition coefficient (Wildman–Crippen LogP) is 2.42. The zero-order chi connectivity index (χ0) is 14.6. The van der Waals surface area contributed by atoms with E-state index in [1.807, 2.05) is 24.4 Å². The summed E-state index contributed by atoms with van der Waals surface area (Å²) in [5.41, 5.74) is 6.45. The molecule has 4 nitrogen and oxygen atoms in total. The summed E-state index contributed by atoms with van der Waals surface area (Å²) in [5.74, 6) is 0. The van der Waals surface area contributed by atoms with Gasteiger partial charge in [0.25, 0.3) is 0 Å². The molecule has 1 heterocycles. The van der Waals surface area contributed by atoms with E-state index in [1.165, 1.54) is 4.31 Å². The van der Waals surface area contributed by atoms with Gasteiger partial charge in [0, 0.05) is 24.5 Å². The van der Waals surface area contributed by atoms with Crippen LogP contribution in [-0.4, -0.2) is 19.3 Å². The highest BCUT2D eigenvalue weighted by atomic mass is 32.2. The van der Waals surface area contributed by atoms with Crippen molar-refractivity contribution in [3.05, 3.63) is 52.2 Å². The zero-order valence-electron chi connectivity index (χ0n) is 11.3. The maximum Gasteiger partial charge on any atom is 0.243 e. The summed E-state index contributed by atoms with van der Waals surface area (Å²) in [7, 11) is -3.45. The predicted molar refractivity (Wildman–Crippen MR) is 81.9 cm³/mol. The second-order valence-electron chi connectivity index (χ2n) is 4.36. The molecule has 2 N–H and O–H groups in total. The fourth-order valence-corrected chi connectivity index (χ4v) is 4.12. The topological polar surface area (TPSA) is 63.4 Å². The molecule has 6 heteroatoms. The molecule has 0 saturated heterocycles. The molecule has 1 aromatic heterocycles. The molecule has 0 unspecified atom stereocenters. The van der Waals surface area contributed by atoms with Crippen LogP contribution >= 0.6 is 11.3 Å². The van der Waals surface area contributed by atoms with Crippen molar-refractivity contribution in [3.63, 3.8) is 0 Å². The first kappa shape index (κ1) is 15.2. The number of nitrogens with zero attached hydrogens (tertiary/aromatic N) is 1. The van der Waals surface area contributed by atoms with Gasteiger partial charge in [-0.15, -0.1) is 11.3 Å². The Balaban J connectivity index is 2.26. The highest BCUT2D eigenvalue weighted by molar-refractivity contribution is 7.89. The molecule has 0 atom stereocenters. The summed E-state index contributed by atoms with van der Waals surface area (Å²) in [4.78, 5) is 1.35. The van der Waals surface area contributed by atoms with Crippen molar-refractivity contribution >= 4 is 21.4 Å². The van der Waals surface area contributed by atoms with Crippen LogP contribution < -0.4 is 5.73 Å². The summed E-state index contributed by atoms with van der Waals surface area (Å²) in [6, 6.07) is 10.6. The Hall–Kier alpha value is -1.21. The van der Waals surface area contributed by atoms with E-state index in [0.717, 1.165) is 10.4 Å². The lowest BCUT2D eigenvalue weighted by Crippen LogP contribution is -2.30. The summed E-state index contributed by atoms with van der Waals surface area (Å²) >= 11 is 1.56. The Labute approximate surface area is 123 Å². The molecule has 0 fully saturated rings. The first-order valence-corrected chi connectivity index (χ1v) is 8.71. The Kier molecular flexibility index (Phi) is 4.93. The molecule has 0 aliphatic heterocycles. The van der Waals surface area contributed by atoms with Crippen molar-refractivity contribution in [2.24, 2.45) is 5.73 Å². The van der Waals surface area contributed by atoms with E-state index in [4.69, 9.17) is 5.73 Å². The van der Waals surface area contributed by atoms with Crippen molar-refractivity contribution in [1.29, 1.82) is 0 Å². The molecule has 2 rings (SSSR count). The van der Waals surface area contributed by atoms with Gasteiger partial charge in [0.05, 0.1) is 4.90 Å². The summed E-state index contributed by atoms with van der Waals surface area (Å²) in [5, 5.41) is 1.95. The lowest BCUT2D eigenvalue weighted by atomic mass is 10.2. The van der Waals surface area contributed by atoms with Crippen LogP contribution in [0.4, 0.5) is 0 Å². The molecule has 0 aliphatic rings. The molecular formula is C14H18N2O2S2. The van der Waals surface area contributed by atoms with Crippen LogP contribution in [0, 0.1) is 0 Å². The Morgan fingerprint density at radius 3 is 2.40 bits per heavy atom. The maximum atomic E-state index is 12.6. The van der Waals surface area contributed by atoms with Crippen molar-refractivity contribution in [2.75, 3.05) is 6.54 Å². The SMILES string of the molecule is CCN(Cc1cccs1)S(=O)(=O)c1ccc(CN)cc1. The second-order valence-corrected chi connectivity index (χ2v) is 7.33. The molecule has 0 spiro atoms. The number of hydrogen-bond acceptors (Lipinski definition) is 4. The van der Waals surface area contributed by atoms with Crippen LogP contribution in [0.25, 0.3) is 0 Å². The van der Waals surface area contributed by atoms with Gasteiger partial charge in [0.2, 0.25) is 10.0 Å². The Bertz CT molecular complexity index is 634. The minimum Gasteiger partial charge on any atom is -0.326 e. The van der Waals surface area contributed by atoms with Gasteiger partial charge in [-0.3, -0.25) is 0 Å². The molecule has 108 valence electrons. The lowest BCUT2D eigenvalue weighted by Gasteiger charge is -2.20. The van der Waals surface area contributed by atoms with Crippen LogP contribution in [0.5, 0.6) is 0 Å². The number of nitrogens with two attached hydrogens (primary N) is 1.